The first-order valence-electron chi connectivity index (χ1n) is 13.5. The Balaban J connectivity index is 1.58. The maximum Gasteiger partial charge on any atom is 0.389 e. The van der Waals surface area contributed by atoms with Crippen molar-refractivity contribution in [2.75, 3.05) is 18.9 Å². The minimum atomic E-state index is -4.53. The van der Waals surface area contributed by atoms with Gasteiger partial charge in [0.15, 0.2) is 0 Å². The molecule has 2 aromatic carbocycles. The summed E-state index contributed by atoms with van der Waals surface area (Å²) in [5, 5.41) is 2.49. The quantitative estimate of drug-likeness (QED) is 0.201. The second-order valence-corrected chi connectivity index (χ2v) is 10.5. The Morgan fingerprint density at radius 1 is 1.00 bits per heavy atom. The monoisotopic (exact) mass is 618 g/mol. The number of H-pyrrole nitrogens is 1. The second-order valence-electron chi connectivity index (χ2n) is 10.5. The lowest BCUT2D eigenvalue weighted by molar-refractivity contribution is -0.139. The van der Waals surface area contributed by atoms with E-state index in [1.54, 1.807) is 0 Å². The fourth-order valence-electron chi connectivity index (χ4n) is 5.45. The summed E-state index contributed by atoms with van der Waals surface area (Å²) in [5.41, 5.74) is 1.34. The van der Waals surface area contributed by atoms with Gasteiger partial charge >= 0.3 is 6.18 Å². The molecule has 230 valence electrons. The fourth-order valence-corrected chi connectivity index (χ4v) is 5.45. The molecule has 0 radical (unpaired) electrons. The molecule has 0 saturated carbocycles. The molecule has 13 heteroatoms. The van der Waals surface area contributed by atoms with Crippen LogP contribution in [0.3, 0.4) is 0 Å². The number of hydrogen-bond donors (Lipinski definition) is 2. The first-order valence-corrected chi connectivity index (χ1v) is 13.5. The first kappa shape index (κ1) is 30.8. The molecular formula is C31H25F7N4O2. The Morgan fingerprint density at radius 2 is 1.64 bits per heavy atom. The summed E-state index contributed by atoms with van der Waals surface area (Å²) < 4.78 is 94.6. The minimum absolute atomic E-state index is 0.00492. The third kappa shape index (κ3) is 6.61. The van der Waals surface area contributed by atoms with Gasteiger partial charge in [-0.15, -0.1) is 0 Å². The molecule has 0 fully saturated rings. The van der Waals surface area contributed by atoms with Crippen molar-refractivity contribution < 1.29 is 40.3 Å². The van der Waals surface area contributed by atoms with Crippen molar-refractivity contribution in [2.24, 2.45) is 0 Å². The van der Waals surface area contributed by atoms with Gasteiger partial charge in [0.25, 0.3) is 5.91 Å². The van der Waals surface area contributed by atoms with E-state index in [0.717, 1.165) is 24.3 Å². The van der Waals surface area contributed by atoms with Crippen LogP contribution < -0.4 is 5.32 Å². The van der Waals surface area contributed by atoms with Gasteiger partial charge < -0.3 is 15.2 Å². The Labute approximate surface area is 246 Å². The predicted octanol–water partition coefficient (Wildman–Crippen LogP) is 7.52. The Kier molecular flexibility index (Phi) is 8.49. The summed E-state index contributed by atoms with van der Waals surface area (Å²) in [6.07, 6.45) is -8.13. The number of benzene rings is 2. The molecule has 0 bridgehead atoms. The highest BCUT2D eigenvalue weighted by Gasteiger charge is 2.41. The van der Waals surface area contributed by atoms with Crippen molar-refractivity contribution in [3.63, 3.8) is 0 Å². The van der Waals surface area contributed by atoms with Crippen LogP contribution in [-0.2, 0) is 4.79 Å². The lowest BCUT2D eigenvalue weighted by Gasteiger charge is -2.30. The van der Waals surface area contributed by atoms with E-state index in [9.17, 15) is 40.3 Å². The van der Waals surface area contributed by atoms with Crippen molar-refractivity contribution in [1.82, 2.24) is 14.9 Å². The SMILES string of the molecule is CN1CC(CC(F)(F)F)c2[nH]c(-c3ccnc(NC(=O)C(CC(F)F)c4ccc(F)cc4)c3)c(-c3ccc(F)cc3)c2C1=O. The third-order valence-corrected chi connectivity index (χ3v) is 7.41. The number of likely N-dealkylation sites (N-methyl/N-ethyl adjacent to an activating group) is 1. The van der Waals surface area contributed by atoms with Crippen LogP contribution in [-0.4, -0.2) is 52.9 Å². The van der Waals surface area contributed by atoms with Gasteiger partial charge in [0, 0.05) is 48.9 Å². The van der Waals surface area contributed by atoms with Crippen LogP contribution >= 0.6 is 0 Å². The number of rotatable bonds is 8. The summed E-state index contributed by atoms with van der Waals surface area (Å²) in [6.45, 7) is -0.194. The molecule has 3 heterocycles. The predicted molar refractivity (Wildman–Crippen MR) is 148 cm³/mol. The summed E-state index contributed by atoms with van der Waals surface area (Å²) in [7, 11) is 1.40. The summed E-state index contributed by atoms with van der Waals surface area (Å²) in [6, 6.07) is 12.5. The van der Waals surface area contributed by atoms with Crippen LogP contribution in [0.15, 0.2) is 66.9 Å². The summed E-state index contributed by atoms with van der Waals surface area (Å²) in [5.74, 6) is -5.07. The smallest absolute Gasteiger partial charge is 0.357 e. The number of carbonyl (C=O) groups excluding carboxylic acids is 2. The van der Waals surface area contributed by atoms with Gasteiger partial charge in [-0.25, -0.2) is 22.5 Å². The molecule has 1 aliphatic heterocycles. The molecular weight excluding hydrogens is 593 g/mol. The topological polar surface area (TPSA) is 78.1 Å². The van der Waals surface area contributed by atoms with Gasteiger partial charge in [-0.05, 0) is 47.5 Å². The van der Waals surface area contributed by atoms with Crippen LogP contribution in [0.4, 0.5) is 36.6 Å². The zero-order chi connectivity index (χ0) is 31.8. The average molecular weight is 619 g/mol. The van der Waals surface area contributed by atoms with Gasteiger partial charge in [0.2, 0.25) is 12.3 Å². The number of anilines is 1. The van der Waals surface area contributed by atoms with Gasteiger partial charge in [-0.1, -0.05) is 24.3 Å². The number of carbonyl (C=O) groups is 2. The lowest BCUT2D eigenvalue weighted by Crippen LogP contribution is -2.38. The number of halogens is 7. The van der Waals surface area contributed by atoms with Crippen molar-refractivity contribution in [3.8, 4) is 22.4 Å². The number of alkyl halides is 5. The van der Waals surface area contributed by atoms with Crippen LogP contribution in [0.5, 0.6) is 0 Å². The first-order chi connectivity index (χ1) is 20.8. The summed E-state index contributed by atoms with van der Waals surface area (Å²) >= 11 is 0. The van der Waals surface area contributed by atoms with Crippen LogP contribution in [0, 0.1) is 11.6 Å². The molecule has 44 heavy (non-hydrogen) atoms. The van der Waals surface area contributed by atoms with Gasteiger partial charge in [0.1, 0.15) is 17.5 Å². The van der Waals surface area contributed by atoms with Gasteiger partial charge in [-0.3, -0.25) is 9.59 Å². The fraction of sp³-hybridized carbons (Fsp3) is 0.258. The van der Waals surface area contributed by atoms with Crippen molar-refractivity contribution in [2.45, 2.75) is 37.3 Å². The maximum atomic E-state index is 13.8. The number of amides is 2. The molecule has 4 aromatic rings. The average Bonchev–Trinajstić information content (AvgIpc) is 3.36. The van der Waals surface area contributed by atoms with E-state index in [2.05, 4.69) is 15.3 Å². The van der Waals surface area contributed by atoms with Crippen LogP contribution in [0.1, 0.15) is 46.3 Å². The normalized spacial score (nSPS) is 15.8. The summed E-state index contributed by atoms with van der Waals surface area (Å²) in [4.78, 5) is 34.8. The third-order valence-electron chi connectivity index (χ3n) is 7.41. The van der Waals surface area contributed by atoms with E-state index in [-0.39, 0.29) is 40.4 Å². The number of nitrogens with zero attached hydrogens (tertiary/aromatic N) is 2. The maximum absolute atomic E-state index is 13.8. The number of fused-ring (bicyclic) bond motifs is 1. The molecule has 5 rings (SSSR count). The molecule has 1 aliphatic rings. The molecule has 2 atom stereocenters. The largest absolute Gasteiger partial charge is 0.389 e. The van der Waals surface area contributed by atoms with E-state index in [1.165, 1.54) is 54.5 Å². The zero-order valence-corrected chi connectivity index (χ0v) is 23.1. The lowest BCUT2D eigenvalue weighted by atomic mass is 9.88. The zero-order valence-electron chi connectivity index (χ0n) is 23.1. The molecule has 2 amide bonds. The van der Waals surface area contributed by atoms with Crippen molar-refractivity contribution in [1.29, 1.82) is 0 Å². The molecule has 2 aromatic heterocycles. The van der Waals surface area contributed by atoms with Crippen LogP contribution in [0.25, 0.3) is 22.4 Å². The van der Waals surface area contributed by atoms with E-state index in [1.807, 2.05) is 0 Å². The van der Waals surface area contributed by atoms with E-state index in [4.69, 9.17) is 0 Å². The Bertz CT molecular complexity index is 1670. The number of aromatic nitrogens is 2. The Hall–Kier alpha value is -4.68. The molecule has 0 aliphatic carbocycles. The molecule has 6 nitrogen and oxygen atoms in total. The van der Waals surface area contributed by atoms with Crippen molar-refractivity contribution >= 4 is 17.6 Å². The minimum Gasteiger partial charge on any atom is -0.357 e. The van der Waals surface area contributed by atoms with E-state index < -0.39 is 60.7 Å². The molecule has 0 spiro atoms. The highest BCUT2D eigenvalue weighted by Crippen LogP contribution is 2.44. The molecule has 0 saturated heterocycles. The highest BCUT2D eigenvalue weighted by atomic mass is 19.4. The standard InChI is InChI=1S/C31H25F7N4O2/c1-42-15-19(14-31(36,37)38)28-26(30(42)44)25(17-4-8-21(33)9-5-17)27(41-28)18-10-11-39-24(12-18)40-29(43)22(13-23(34)35)16-2-6-20(32)7-3-16/h2-12,19,22-23,41H,13-15H2,1H3,(H,39,40,43). The van der Waals surface area contributed by atoms with Gasteiger partial charge in [-0.2, -0.15) is 13.2 Å². The van der Waals surface area contributed by atoms with Gasteiger partial charge in [0.05, 0.1) is 23.6 Å². The van der Waals surface area contributed by atoms with Crippen LogP contribution in [0.2, 0.25) is 0 Å². The second kappa shape index (κ2) is 12.1. The number of nitrogens with one attached hydrogen (secondary N) is 2. The van der Waals surface area contributed by atoms with E-state index in [0.29, 0.717) is 11.1 Å². The van der Waals surface area contributed by atoms with Crippen molar-refractivity contribution in [3.05, 3.63) is 95.3 Å². The number of pyridine rings is 1. The number of aromatic amines is 1. The Morgan fingerprint density at radius 3 is 2.25 bits per heavy atom. The highest BCUT2D eigenvalue weighted by molar-refractivity contribution is 6.07. The number of hydrogen-bond acceptors (Lipinski definition) is 3. The van der Waals surface area contributed by atoms with E-state index >= 15 is 0 Å². The molecule has 2 N–H and O–H groups in total. The molecule has 2 unspecified atom stereocenters.